The van der Waals surface area contributed by atoms with Gasteiger partial charge >= 0.3 is 0 Å². The van der Waals surface area contributed by atoms with E-state index < -0.39 is 21.7 Å². The van der Waals surface area contributed by atoms with Gasteiger partial charge in [-0.3, -0.25) is 4.79 Å². The summed E-state index contributed by atoms with van der Waals surface area (Å²) in [5, 5.41) is 7.44. The molecule has 0 aliphatic carbocycles. The zero-order valence-electron chi connectivity index (χ0n) is 11.9. The van der Waals surface area contributed by atoms with E-state index in [0.717, 1.165) is 24.6 Å². The van der Waals surface area contributed by atoms with Crippen LogP contribution in [0.15, 0.2) is 23.1 Å². The molecule has 0 heterocycles. The van der Waals surface area contributed by atoms with Crippen LogP contribution in [0.4, 0.5) is 4.39 Å². The van der Waals surface area contributed by atoms with Gasteiger partial charge in [-0.15, -0.1) is 0 Å². The highest BCUT2D eigenvalue weighted by atomic mass is 32.2. The fourth-order valence-electron chi connectivity index (χ4n) is 1.56. The topological polar surface area (TPSA) is 98.5 Å². The Hall–Kier alpha value is -1.51. The number of halogens is 1. The Morgan fingerprint density at radius 2 is 2.14 bits per heavy atom. The molecule has 0 saturated heterocycles. The second-order valence-corrected chi connectivity index (χ2v) is 6.14. The third kappa shape index (κ3) is 5.41. The molecule has 8 heteroatoms. The molecule has 21 heavy (non-hydrogen) atoms. The van der Waals surface area contributed by atoms with Crippen molar-refractivity contribution in [1.82, 2.24) is 5.32 Å². The summed E-state index contributed by atoms with van der Waals surface area (Å²) in [4.78, 5) is 11.6. The molecule has 1 rings (SSSR count). The molecule has 0 bridgehead atoms. The predicted molar refractivity (Wildman–Crippen MR) is 75.8 cm³/mol. The molecule has 3 N–H and O–H groups in total. The van der Waals surface area contributed by atoms with Crippen LogP contribution in [-0.4, -0.2) is 33.6 Å². The van der Waals surface area contributed by atoms with E-state index in [4.69, 9.17) is 9.88 Å². The Morgan fingerprint density at radius 3 is 2.71 bits per heavy atom. The summed E-state index contributed by atoms with van der Waals surface area (Å²) in [5.41, 5.74) is -0.371. The molecule has 0 aliphatic heterocycles. The van der Waals surface area contributed by atoms with Gasteiger partial charge in [-0.2, -0.15) is 0 Å². The van der Waals surface area contributed by atoms with Crippen LogP contribution in [0.1, 0.15) is 30.6 Å². The minimum absolute atomic E-state index is 0.192. The van der Waals surface area contributed by atoms with E-state index >= 15 is 0 Å². The monoisotopic (exact) mass is 318 g/mol. The van der Waals surface area contributed by atoms with Crippen molar-refractivity contribution in [3.05, 3.63) is 29.6 Å². The summed E-state index contributed by atoms with van der Waals surface area (Å²) in [6.45, 7) is 4.48. The van der Waals surface area contributed by atoms with Gasteiger partial charge in [0.2, 0.25) is 10.0 Å². The summed E-state index contributed by atoms with van der Waals surface area (Å²) in [7, 11) is -3.99. The Morgan fingerprint density at radius 1 is 1.48 bits per heavy atom. The predicted octanol–water partition coefficient (Wildman–Crippen LogP) is 1.02. The molecular weight excluding hydrogens is 299 g/mol. The van der Waals surface area contributed by atoms with Gasteiger partial charge in [0.1, 0.15) is 5.82 Å². The minimum atomic E-state index is -3.99. The lowest BCUT2D eigenvalue weighted by Gasteiger charge is -2.13. The number of ether oxygens (including phenoxy) is 1. The molecule has 1 aromatic rings. The highest BCUT2D eigenvalue weighted by Gasteiger charge is 2.17. The molecule has 0 unspecified atom stereocenters. The number of hydrogen-bond acceptors (Lipinski definition) is 4. The summed E-state index contributed by atoms with van der Waals surface area (Å²) in [6, 6.07) is 2.82. The van der Waals surface area contributed by atoms with Crippen LogP contribution in [-0.2, 0) is 14.8 Å². The Labute approximate surface area is 123 Å². The number of benzene rings is 1. The molecule has 0 saturated carbocycles. The lowest BCUT2D eigenvalue weighted by atomic mass is 10.2. The van der Waals surface area contributed by atoms with Crippen molar-refractivity contribution in [2.24, 2.45) is 5.14 Å². The van der Waals surface area contributed by atoms with Crippen molar-refractivity contribution >= 4 is 15.9 Å². The van der Waals surface area contributed by atoms with Crippen molar-refractivity contribution in [2.45, 2.75) is 31.3 Å². The molecule has 0 spiro atoms. The van der Waals surface area contributed by atoms with E-state index in [0.29, 0.717) is 6.61 Å². The van der Waals surface area contributed by atoms with Gasteiger partial charge in [0, 0.05) is 13.2 Å². The van der Waals surface area contributed by atoms with E-state index in [1.807, 2.05) is 6.92 Å². The Bertz CT molecular complexity index is 604. The average Bonchev–Trinajstić information content (AvgIpc) is 2.41. The molecule has 0 aromatic heterocycles. The van der Waals surface area contributed by atoms with Crippen molar-refractivity contribution < 1.29 is 22.3 Å². The van der Waals surface area contributed by atoms with Gasteiger partial charge in [0.15, 0.2) is 0 Å². The molecule has 0 aliphatic rings. The van der Waals surface area contributed by atoms with Crippen molar-refractivity contribution in [3.8, 4) is 0 Å². The first-order chi connectivity index (χ1) is 9.75. The normalized spacial score (nSPS) is 13.0. The number of nitrogens with two attached hydrogens (primary N) is 1. The lowest BCUT2D eigenvalue weighted by molar-refractivity contribution is 0.0621. The average molecular weight is 318 g/mol. The Kier molecular flexibility index (Phi) is 6.25. The van der Waals surface area contributed by atoms with Crippen LogP contribution in [0, 0.1) is 5.82 Å². The number of sulfonamides is 1. The molecule has 0 fully saturated rings. The van der Waals surface area contributed by atoms with Gasteiger partial charge in [-0.1, -0.05) is 6.92 Å². The van der Waals surface area contributed by atoms with Crippen LogP contribution < -0.4 is 10.5 Å². The van der Waals surface area contributed by atoms with Crippen LogP contribution in [0.2, 0.25) is 0 Å². The zero-order chi connectivity index (χ0) is 16.0. The number of nitrogens with one attached hydrogen (secondary N) is 1. The fourth-order valence-corrected chi connectivity index (χ4v) is 2.10. The third-order valence-electron chi connectivity index (χ3n) is 2.67. The van der Waals surface area contributed by atoms with Gasteiger partial charge in [-0.25, -0.2) is 17.9 Å². The quantitative estimate of drug-likeness (QED) is 0.784. The zero-order valence-corrected chi connectivity index (χ0v) is 12.7. The molecule has 118 valence electrons. The SMILES string of the molecule is CCCO[C@H](C)CNC(=O)c1cc(S(N)(=O)=O)ccc1F. The summed E-state index contributed by atoms with van der Waals surface area (Å²) < 4.78 is 41.4. The highest BCUT2D eigenvalue weighted by Crippen LogP contribution is 2.14. The van der Waals surface area contributed by atoms with E-state index in [1.165, 1.54) is 0 Å². The largest absolute Gasteiger partial charge is 0.377 e. The van der Waals surface area contributed by atoms with Gasteiger partial charge < -0.3 is 10.1 Å². The van der Waals surface area contributed by atoms with Gasteiger partial charge in [-0.05, 0) is 31.5 Å². The standard InChI is InChI=1S/C13H19FN2O4S/c1-3-6-20-9(2)8-16-13(17)11-7-10(21(15,18)19)4-5-12(11)14/h4-5,7,9H,3,6,8H2,1-2H3,(H,16,17)(H2,15,18,19)/t9-/m1/s1. The van der Waals surface area contributed by atoms with Crippen LogP contribution in [0.3, 0.4) is 0 Å². The minimum Gasteiger partial charge on any atom is -0.377 e. The molecule has 1 amide bonds. The van der Waals surface area contributed by atoms with Gasteiger partial charge in [0.25, 0.3) is 5.91 Å². The molecule has 1 aromatic carbocycles. The van der Waals surface area contributed by atoms with Crippen LogP contribution in [0.5, 0.6) is 0 Å². The lowest BCUT2D eigenvalue weighted by Crippen LogP contribution is -2.33. The van der Waals surface area contributed by atoms with E-state index in [2.05, 4.69) is 5.32 Å². The van der Waals surface area contributed by atoms with Crippen LogP contribution in [0.25, 0.3) is 0 Å². The number of carbonyl (C=O) groups is 1. The molecule has 0 radical (unpaired) electrons. The smallest absolute Gasteiger partial charge is 0.254 e. The van der Waals surface area contributed by atoms with E-state index in [1.54, 1.807) is 6.92 Å². The van der Waals surface area contributed by atoms with Crippen molar-refractivity contribution in [3.63, 3.8) is 0 Å². The van der Waals surface area contributed by atoms with E-state index in [-0.39, 0.29) is 23.1 Å². The number of carbonyl (C=O) groups excluding carboxylic acids is 1. The third-order valence-corrected chi connectivity index (χ3v) is 3.58. The summed E-state index contributed by atoms with van der Waals surface area (Å²) >= 11 is 0. The number of amides is 1. The van der Waals surface area contributed by atoms with Crippen LogP contribution >= 0.6 is 0 Å². The molecule has 1 atom stereocenters. The second-order valence-electron chi connectivity index (χ2n) is 4.58. The first-order valence-corrected chi connectivity index (χ1v) is 8.02. The summed E-state index contributed by atoms with van der Waals surface area (Å²) in [5.74, 6) is -1.54. The van der Waals surface area contributed by atoms with Gasteiger partial charge in [0.05, 0.1) is 16.6 Å². The Balaban J connectivity index is 2.78. The number of hydrogen-bond donors (Lipinski definition) is 2. The molecular formula is C13H19FN2O4S. The number of primary sulfonamides is 1. The number of rotatable bonds is 7. The summed E-state index contributed by atoms with van der Waals surface area (Å²) in [6.07, 6.45) is 0.627. The van der Waals surface area contributed by atoms with Crippen molar-refractivity contribution in [2.75, 3.05) is 13.2 Å². The fraction of sp³-hybridized carbons (Fsp3) is 0.462. The van der Waals surface area contributed by atoms with E-state index in [9.17, 15) is 17.6 Å². The van der Waals surface area contributed by atoms with Crippen molar-refractivity contribution in [1.29, 1.82) is 0 Å². The second kappa shape index (κ2) is 7.48. The first-order valence-electron chi connectivity index (χ1n) is 6.47. The maximum atomic E-state index is 13.6. The highest BCUT2D eigenvalue weighted by molar-refractivity contribution is 7.89. The first kappa shape index (κ1) is 17.5. The molecule has 6 nitrogen and oxygen atoms in total. The maximum absolute atomic E-state index is 13.6. The maximum Gasteiger partial charge on any atom is 0.254 e.